The summed E-state index contributed by atoms with van der Waals surface area (Å²) in [5, 5.41) is 10.1. The maximum absolute atomic E-state index is 15.2. The molecule has 1 heterocycles. The van der Waals surface area contributed by atoms with Crippen LogP contribution in [-0.4, -0.2) is 29.9 Å². The van der Waals surface area contributed by atoms with Gasteiger partial charge in [0, 0.05) is 31.1 Å². The fraction of sp³-hybridized carbons (Fsp3) is 0.269. The van der Waals surface area contributed by atoms with Gasteiger partial charge in [0.15, 0.2) is 17.7 Å². The van der Waals surface area contributed by atoms with Gasteiger partial charge >= 0.3 is 0 Å². The minimum atomic E-state index is -1.49. The lowest BCUT2D eigenvalue weighted by Crippen LogP contribution is -2.31. The first-order valence-corrected chi connectivity index (χ1v) is 11.2. The first-order valence-electron chi connectivity index (χ1n) is 11.2. The van der Waals surface area contributed by atoms with Crippen LogP contribution in [0.5, 0.6) is 5.75 Å². The molecule has 1 unspecified atom stereocenters. The molecule has 3 aromatic rings. The van der Waals surface area contributed by atoms with Crippen molar-refractivity contribution >= 4 is 36.6 Å². The molecule has 0 aliphatic carbocycles. The number of nitrogens with zero attached hydrogens (tertiary/aromatic N) is 1. The van der Waals surface area contributed by atoms with Crippen molar-refractivity contribution in [2.45, 2.75) is 32.4 Å². The third kappa shape index (κ3) is 8.96. The molecular formula is C26H30Cl2F2N4O3. The lowest BCUT2D eigenvalue weighted by Gasteiger charge is -2.20. The summed E-state index contributed by atoms with van der Waals surface area (Å²) >= 11 is 0. The summed E-state index contributed by atoms with van der Waals surface area (Å²) in [4.78, 5) is 16.8. The summed E-state index contributed by atoms with van der Waals surface area (Å²) in [6.45, 7) is 2.03. The van der Waals surface area contributed by atoms with Gasteiger partial charge in [-0.3, -0.25) is 15.2 Å². The molecule has 0 saturated heterocycles. The van der Waals surface area contributed by atoms with Crippen LogP contribution in [0.4, 0.5) is 8.78 Å². The molecule has 0 aliphatic rings. The van der Waals surface area contributed by atoms with Crippen LogP contribution >= 0.6 is 24.8 Å². The largest absolute Gasteiger partial charge is 0.490 e. The van der Waals surface area contributed by atoms with Gasteiger partial charge < -0.3 is 20.5 Å². The number of amidine groups is 1. The molecular weight excluding hydrogens is 525 g/mol. The number of nitrogens with one attached hydrogen (secondary N) is 2. The van der Waals surface area contributed by atoms with Crippen LogP contribution in [0.25, 0.3) is 0 Å². The van der Waals surface area contributed by atoms with E-state index in [4.69, 9.17) is 20.6 Å². The number of hydrogen-bond donors (Lipinski definition) is 3. The van der Waals surface area contributed by atoms with Crippen LogP contribution in [0.1, 0.15) is 41.7 Å². The Hall–Kier alpha value is -3.27. The zero-order chi connectivity index (χ0) is 25.2. The van der Waals surface area contributed by atoms with Crippen molar-refractivity contribution in [1.82, 2.24) is 10.3 Å². The Morgan fingerprint density at radius 3 is 2.35 bits per heavy atom. The van der Waals surface area contributed by atoms with Crippen molar-refractivity contribution in [2.75, 3.05) is 13.2 Å². The summed E-state index contributed by atoms with van der Waals surface area (Å²) < 4.78 is 40.9. The fourth-order valence-electron chi connectivity index (χ4n) is 3.45. The molecule has 4 N–H and O–H groups in total. The van der Waals surface area contributed by atoms with Crippen molar-refractivity contribution in [1.29, 1.82) is 5.41 Å². The number of aromatic nitrogens is 1. The molecule has 0 saturated carbocycles. The van der Waals surface area contributed by atoms with Gasteiger partial charge in [-0.05, 0) is 55.2 Å². The average Bonchev–Trinajstić information content (AvgIpc) is 2.86. The molecule has 0 bridgehead atoms. The van der Waals surface area contributed by atoms with E-state index in [-0.39, 0.29) is 56.2 Å². The zero-order valence-corrected chi connectivity index (χ0v) is 21.8. The van der Waals surface area contributed by atoms with Gasteiger partial charge in [-0.25, -0.2) is 8.78 Å². The highest BCUT2D eigenvalue weighted by Crippen LogP contribution is 2.30. The van der Waals surface area contributed by atoms with E-state index in [9.17, 15) is 9.18 Å². The molecule has 37 heavy (non-hydrogen) atoms. The van der Waals surface area contributed by atoms with E-state index < -0.39 is 29.2 Å². The number of amides is 1. The monoisotopic (exact) mass is 554 g/mol. The normalized spacial score (nSPS) is 11.0. The molecule has 1 atom stereocenters. The predicted molar refractivity (Wildman–Crippen MR) is 143 cm³/mol. The van der Waals surface area contributed by atoms with Gasteiger partial charge in [0.05, 0.1) is 12.2 Å². The molecule has 0 radical (unpaired) electrons. The average molecular weight is 555 g/mol. The van der Waals surface area contributed by atoms with Gasteiger partial charge in [0.1, 0.15) is 11.7 Å². The Kier molecular flexibility index (Phi) is 13.5. The number of aryl methyl sites for hydroxylation is 1. The van der Waals surface area contributed by atoms with Crippen LogP contribution in [0.2, 0.25) is 0 Å². The number of pyridine rings is 1. The van der Waals surface area contributed by atoms with Crippen molar-refractivity contribution < 1.29 is 23.0 Å². The van der Waals surface area contributed by atoms with Crippen LogP contribution in [0, 0.1) is 17.0 Å². The number of carbonyl (C=O) groups is 1. The standard InChI is InChI=1S/C26H28F2N4O3.2ClH/c1-2-34-24(26(33)32-16-18-5-7-19(8-6-18)25(29)30)22-20(27)9-10-21(23(22)28)35-15-3-4-17-11-13-31-14-12-17;;/h5-14,24H,2-4,15-16H2,1H3,(H3,29,30)(H,32,33);2*1H. The number of nitrogen functional groups attached to an aromatic ring is 1. The van der Waals surface area contributed by atoms with Crippen LogP contribution < -0.4 is 15.8 Å². The second-order valence-corrected chi connectivity index (χ2v) is 7.74. The van der Waals surface area contributed by atoms with Gasteiger partial charge in [-0.1, -0.05) is 24.3 Å². The third-order valence-corrected chi connectivity index (χ3v) is 5.27. The van der Waals surface area contributed by atoms with Crippen LogP contribution in [-0.2, 0) is 22.5 Å². The highest BCUT2D eigenvalue weighted by Gasteiger charge is 2.29. The van der Waals surface area contributed by atoms with Crippen molar-refractivity contribution in [2.24, 2.45) is 5.73 Å². The Morgan fingerprint density at radius 2 is 1.73 bits per heavy atom. The Labute approximate surface area is 227 Å². The second kappa shape index (κ2) is 15.8. The molecule has 0 aliphatic heterocycles. The fourth-order valence-corrected chi connectivity index (χ4v) is 3.45. The quantitative estimate of drug-likeness (QED) is 0.168. The van der Waals surface area contributed by atoms with E-state index in [2.05, 4.69) is 10.3 Å². The van der Waals surface area contributed by atoms with Crippen molar-refractivity contribution in [3.8, 4) is 5.75 Å². The van der Waals surface area contributed by atoms with Crippen molar-refractivity contribution in [3.63, 3.8) is 0 Å². The number of halogens is 4. The number of hydrogen-bond acceptors (Lipinski definition) is 5. The topological polar surface area (TPSA) is 110 Å². The van der Waals surface area contributed by atoms with E-state index in [1.54, 1.807) is 43.6 Å². The number of nitrogens with two attached hydrogens (primary N) is 1. The molecule has 1 amide bonds. The van der Waals surface area contributed by atoms with Crippen molar-refractivity contribution in [3.05, 3.63) is 94.8 Å². The molecule has 2 aromatic carbocycles. The van der Waals surface area contributed by atoms with E-state index in [0.717, 1.165) is 23.6 Å². The maximum Gasteiger partial charge on any atom is 0.254 e. The molecule has 200 valence electrons. The molecule has 1 aromatic heterocycles. The van der Waals surface area contributed by atoms with Crippen LogP contribution in [0.3, 0.4) is 0 Å². The van der Waals surface area contributed by atoms with E-state index in [1.807, 2.05) is 12.1 Å². The van der Waals surface area contributed by atoms with E-state index in [1.165, 1.54) is 6.07 Å². The Balaban J connectivity index is 0.00000342. The first-order chi connectivity index (χ1) is 16.9. The van der Waals surface area contributed by atoms with Gasteiger partial charge in [-0.2, -0.15) is 0 Å². The minimum absolute atomic E-state index is 0. The number of carbonyl (C=O) groups excluding carboxylic acids is 1. The number of benzene rings is 2. The molecule has 11 heteroatoms. The zero-order valence-electron chi connectivity index (χ0n) is 20.2. The van der Waals surface area contributed by atoms with Crippen LogP contribution in [0.15, 0.2) is 60.9 Å². The highest BCUT2D eigenvalue weighted by molar-refractivity contribution is 5.94. The summed E-state index contributed by atoms with van der Waals surface area (Å²) in [7, 11) is 0. The predicted octanol–water partition coefficient (Wildman–Crippen LogP) is 4.89. The van der Waals surface area contributed by atoms with Gasteiger partial charge in [-0.15, -0.1) is 24.8 Å². The smallest absolute Gasteiger partial charge is 0.254 e. The van der Waals surface area contributed by atoms with E-state index in [0.29, 0.717) is 12.0 Å². The summed E-state index contributed by atoms with van der Waals surface area (Å²) in [5.74, 6) is -2.76. The van der Waals surface area contributed by atoms with Gasteiger partial charge in [0.2, 0.25) is 0 Å². The number of rotatable bonds is 12. The highest BCUT2D eigenvalue weighted by atomic mass is 35.5. The second-order valence-electron chi connectivity index (χ2n) is 7.74. The number of ether oxygens (including phenoxy) is 2. The lowest BCUT2D eigenvalue weighted by molar-refractivity contribution is -0.133. The molecule has 0 fully saturated rings. The third-order valence-electron chi connectivity index (χ3n) is 5.27. The summed E-state index contributed by atoms with van der Waals surface area (Å²) in [5.41, 5.74) is 7.30. The van der Waals surface area contributed by atoms with E-state index >= 15 is 4.39 Å². The molecule has 0 spiro atoms. The summed E-state index contributed by atoms with van der Waals surface area (Å²) in [6, 6.07) is 12.8. The Morgan fingerprint density at radius 1 is 1.05 bits per heavy atom. The lowest BCUT2D eigenvalue weighted by atomic mass is 10.1. The SMILES string of the molecule is CCOC(C(=O)NCc1ccc(C(=N)N)cc1)c1c(F)ccc(OCCCc2ccncc2)c1F.Cl.Cl. The summed E-state index contributed by atoms with van der Waals surface area (Å²) in [6.07, 6.45) is 3.24. The van der Waals surface area contributed by atoms with Gasteiger partial charge in [0.25, 0.3) is 5.91 Å². The molecule has 7 nitrogen and oxygen atoms in total. The maximum atomic E-state index is 15.2. The molecule has 3 rings (SSSR count). The first kappa shape index (κ1) is 31.8. The minimum Gasteiger partial charge on any atom is -0.490 e. The Bertz CT molecular complexity index is 1150.